The van der Waals surface area contributed by atoms with Gasteiger partial charge in [0, 0.05) is 65.1 Å². The molecule has 1 unspecified atom stereocenters. The Morgan fingerprint density at radius 2 is 1.73 bits per heavy atom. The van der Waals surface area contributed by atoms with Crippen LogP contribution in [0, 0.1) is 5.92 Å². The summed E-state index contributed by atoms with van der Waals surface area (Å²) in [6, 6.07) is 3.64. The third kappa shape index (κ3) is 5.73. The van der Waals surface area contributed by atoms with Crippen molar-refractivity contribution >= 4 is 17.5 Å². The number of aromatic nitrogens is 1. The standard InChI is InChI=1S/C22H32N6O2/c1-3-25-19(6-4-17(2)21(29)27-12-8-23-9-13-27)20-7-5-18(16-26-20)22(30)28-14-10-24-11-15-28/h4-7,16-17,23-24H,3,8-15H2,1-2H3/b6-4-,25-19?. The molecule has 3 rings (SSSR count). The Morgan fingerprint density at radius 1 is 1.10 bits per heavy atom. The molecular weight excluding hydrogens is 380 g/mol. The number of piperazine rings is 2. The lowest BCUT2D eigenvalue weighted by molar-refractivity contribution is -0.134. The van der Waals surface area contributed by atoms with E-state index >= 15 is 0 Å². The third-order valence-electron chi connectivity index (χ3n) is 5.37. The summed E-state index contributed by atoms with van der Waals surface area (Å²) in [5, 5.41) is 6.51. The fourth-order valence-corrected chi connectivity index (χ4v) is 3.60. The Hall–Kier alpha value is -2.58. The highest BCUT2D eigenvalue weighted by atomic mass is 16.2. The van der Waals surface area contributed by atoms with Crippen molar-refractivity contribution in [2.24, 2.45) is 10.9 Å². The Morgan fingerprint density at radius 3 is 2.30 bits per heavy atom. The van der Waals surface area contributed by atoms with Gasteiger partial charge in [-0.15, -0.1) is 0 Å². The van der Waals surface area contributed by atoms with E-state index in [0.717, 1.165) is 45.0 Å². The van der Waals surface area contributed by atoms with Crippen molar-refractivity contribution in [2.45, 2.75) is 13.8 Å². The number of allylic oxidation sites excluding steroid dienone is 1. The van der Waals surface area contributed by atoms with Gasteiger partial charge >= 0.3 is 0 Å². The molecule has 0 radical (unpaired) electrons. The molecule has 2 saturated heterocycles. The van der Waals surface area contributed by atoms with Gasteiger partial charge in [0.15, 0.2) is 0 Å². The Labute approximate surface area is 178 Å². The highest BCUT2D eigenvalue weighted by molar-refractivity contribution is 6.08. The maximum Gasteiger partial charge on any atom is 0.255 e. The van der Waals surface area contributed by atoms with E-state index in [1.807, 2.05) is 41.9 Å². The number of aliphatic imine (C=N–C) groups is 1. The van der Waals surface area contributed by atoms with E-state index in [0.29, 0.717) is 30.9 Å². The number of nitrogens with zero attached hydrogens (tertiary/aromatic N) is 4. The third-order valence-corrected chi connectivity index (χ3v) is 5.37. The topological polar surface area (TPSA) is 89.9 Å². The van der Waals surface area contributed by atoms with Crippen LogP contribution in [0.1, 0.15) is 29.9 Å². The van der Waals surface area contributed by atoms with Crippen molar-refractivity contribution < 1.29 is 9.59 Å². The maximum atomic E-state index is 12.6. The fourth-order valence-electron chi connectivity index (χ4n) is 3.60. The minimum absolute atomic E-state index is 0.00955. The van der Waals surface area contributed by atoms with Crippen LogP contribution in [0.5, 0.6) is 0 Å². The summed E-state index contributed by atoms with van der Waals surface area (Å²) < 4.78 is 0. The molecule has 162 valence electrons. The summed E-state index contributed by atoms with van der Waals surface area (Å²) in [6.07, 6.45) is 5.38. The molecule has 2 aliphatic heterocycles. The minimum Gasteiger partial charge on any atom is -0.340 e. The summed E-state index contributed by atoms with van der Waals surface area (Å²) in [7, 11) is 0. The summed E-state index contributed by atoms with van der Waals surface area (Å²) in [4.78, 5) is 38.0. The van der Waals surface area contributed by atoms with Gasteiger partial charge in [0.2, 0.25) is 5.91 Å². The summed E-state index contributed by atoms with van der Waals surface area (Å²) in [5.74, 6) is -0.0810. The van der Waals surface area contributed by atoms with E-state index in [1.165, 1.54) is 0 Å². The van der Waals surface area contributed by atoms with Crippen molar-refractivity contribution in [1.82, 2.24) is 25.4 Å². The molecular formula is C22H32N6O2. The molecule has 2 aliphatic rings. The first-order valence-corrected chi connectivity index (χ1v) is 10.8. The molecule has 0 saturated carbocycles. The minimum atomic E-state index is -0.223. The number of hydrogen-bond acceptors (Lipinski definition) is 6. The Bertz CT molecular complexity index is 777. The number of rotatable bonds is 6. The van der Waals surface area contributed by atoms with Gasteiger partial charge in [0.25, 0.3) is 5.91 Å². The molecule has 0 spiro atoms. The lowest BCUT2D eigenvalue weighted by Crippen LogP contribution is -2.47. The van der Waals surface area contributed by atoms with Gasteiger partial charge < -0.3 is 20.4 Å². The first kappa shape index (κ1) is 22.1. The van der Waals surface area contributed by atoms with Crippen LogP contribution in [0.25, 0.3) is 0 Å². The van der Waals surface area contributed by atoms with E-state index < -0.39 is 0 Å². The molecule has 2 fully saturated rings. The normalized spacial score (nSPS) is 19.2. The molecule has 8 nitrogen and oxygen atoms in total. The van der Waals surface area contributed by atoms with Crippen LogP contribution in [-0.2, 0) is 4.79 Å². The number of hydrogen-bond donors (Lipinski definition) is 2. The average Bonchev–Trinajstić information content (AvgIpc) is 2.82. The fraction of sp³-hybridized carbons (Fsp3) is 0.545. The Balaban J connectivity index is 1.66. The lowest BCUT2D eigenvalue weighted by atomic mass is 10.1. The Kier molecular flexibility index (Phi) is 8.10. The van der Waals surface area contributed by atoms with Gasteiger partial charge in [0.1, 0.15) is 0 Å². The molecule has 1 aromatic rings. The van der Waals surface area contributed by atoms with Gasteiger partial charge in [-0.25, -0.2) is 0 Å². The van der Waals surface area contributed by atoms with Crippen molar-refractivity contribution in [2.75, 3.05) is 58.9 Å². The van der Waals surface area contributed by atoms with Crippen LogP contribution >= 0.6 is 0 Å². The van der Waals surface area contributed by atoms with Crippen LogP contribution in [0.4, 0.5) is 0 Å². The zero-order chi connectivity index (χ0) is 21.3. The highest BCUT2D eigenvalue weighted by Gasteiger charge is 2.21. The van der Waals surface area contributed by atoms with Crippen molar-refractivity contribution in [3.63, 3.8) is 0 Å². The molecule has 2 amide bonds. The summed E-state index contributed by atoms with van der Waals surface area (Å²) in [5.41, 5.74) is 2.01. The molecule has 1 atom stereocenters. The number of nitrogens with one attached hydrogen (secondary N) is 2. The summed E-state index contributed by atoms with van der Waals surface area (Å²) >= 11 is 0. The van der Waals surface area contributed by atoms with Gasteiger partial charge in [-0.3, -0.25) is 19.6 Å². The monoisotopic (exact) mass is 412 g/mol. The molecule has 0 aromatic carbocycles. The number of pyridine rings is 1. The van der Waals surface area contributed by atoms with Crippen LogP contribution in [0.3, 0.4) is 0 Å². The molecule has 0 bridgehead atoms. The zero-order valence-electron chi connectivity index (χ0n) is 17.9. The van der Waals surface area contributed by atoms with E-state index in [4.69, 9.17) is 0 Å². The van der Waals surface area contributed by atoms with E-state index in [1.54, 1.807) is 12.3 Å². The van der Waals surface area contributed by atoms with Gasteiger partial charge in [-0.05, 0) is 25.1 Å². The largest absolute Gasteiger partial charge is 0.340 e. The average molecular weight is 413 g/mol. The smallest absolute Gasteiger partial charge is 0.255 e. The summed E-state index contributed by atoms with van der Waals surface area (Å²) in [6.45, 7) is 10.7. The highest BCUT2D eigenvalue weighted by Crippen LogP contribution is 2.10. The van der Waals surface area contributed by atoms with E-state index in [9.17, 15) is 9.59 Å². The predicted octanol–water partition coefficient (Wildman–Crippen LogP) is 0.560. The molecule has 0 aliphatic carbocycles. The van der Waals surface area contributed by atoms with Crippen LogP contribution in [0.15, 0.2) is 35.5 Å². The van der Waals surface area contributed by atoms with Gasteiger partial charge in [-0.2, -0.15) is 0 Å². The quantitative estimate of drug-likeness (QED) is 0.667. The maximum absolute atomic E-state index is 12.6. The van der Waals surface area contributed by atoms with Crippen LogP contribution in [-0.4, -0.2) is 91.2 Å². The van der Waals surface area contributed by atoms with Crippen LogP contribution in [0.2, 0.25) is 0 Å². The molecule has 30 heavy (non-hydrogen) atoms. The lowest BCUT2D eigenvalue weighted by Gasteiger charge is -2.29. The van der Waals surface area contributed by atoms with Crippen molar-refractivity contribution in [1.29, 1.82) is 0 Å². The first-order valence-electron chi connectivity index (χ1n) is 10.8. The molecule has 8 heteroatoms. The number of carbonyl (C=O) groups excluding carboxylic acids is 2. The van der Waals surface area contributed by atoms with E-state index in [2.05, 4.69) is 20.6 Å². The zero-order valence-corrected chi connectivity index (χ0v) is 17.9. The molecule has 3 heterocycles. The second-order valence-corrected chi connectivity index (χ2v) is 7.56. The van der Waals surface area contributed by atoms with Gasteiger partial charge in [-0.1, -0.05) is 13.0 Å². The molecule has 1 aromatic heterocycles. The second kappa shape index (κ2) is 11.0. The van der Waals surface area contributed by atoms with Gasteiger partial charge in [0.05, 0.1) is 22.9 Å². The number of amides is 2. The van der Waals surface area contributed by atoms with E-state index in [-0.39, 0.29) is 17.7 Å². The first-order chi connectivity index (χ1) is 14.6. The number of carbonyl (C=O) groups is 2. The molecule has 2 N–H and O–H groups in total. The van der Waals surface area contributed by atoms with Crippen LogP contribution < -0.4 is 10.6 Å². The van der Waals surface area contributed by atoms with Crippen molar-refractivity contribution in [3.8, 4) is 0 Å². The predicted molar refractivity (Wildman–Crippen MR) is 118 cm³/mol. The second-order valence-electron chi connectivity index (χ2n) is 7.56. The SMILES string of the molecule is CCN=C(/C=C\C(C)C(=O)N1CCNCC1)c1ccc(C(=O)N2CCNCC2)cn1. The van der Waals surface area contributed by atoms with Crippen molar-refractivity contribution in [3.05, 3.63) is 41.7 Å².